The highest BCUT2D eigenvalue weighted by Crippen LogP contribution is 2.39. The number of allylic oxidation sites excluding steroid dienone is 4. The summed E-state index contributed by atoms with van der Waals surface area (Å²) in [6.07, 6.45) is 5.03. The van der Waals surface area contributed by atoms with Crippen molar-refractivity contribution in [3.05, 3.63) is 95.1 Å². The lowest BCUT2D eigenvalue weighted by Crippen LogP contribution is -2.33. The van der Waals surface area contributed by atoms with Crippen molar-refractivity contribution in [2.45, 2.75) is 12.8 Å². The highest BCUT2D eigenvalue weighted by Gasteiger charge is 2.32. The predicted molar refractivity (Wildman–Crippen MR) is 112 cm³/mol. The Morgan fingerprint density at radius 2 is 1.00 bits per heavy atom. The molecule has 2 aromatic rings. The summed E-state index contributed by atoms with van der Waals surface area (Å²) in [4.78, 5) is 29.4. The summed E-state index contributed by atoms with van der Waals surface area (Å²) in [7, 11) is 3.59. The van der Waals surface area contributed by atoms with E-state index in [2.05, 4.69) is 0 Å². The first kappa shape index (κ1) is 18.0. The van der Waals surface area contributed by atoms with Crippen molar-refractivity contribution in [2.75, 3.05) is 23.9 Å². The normalized spacial score (nSPS) is 15.1. The van der Waals surface area contributed by atoms with Gasteiger partial charge in [0.05, 0.1) is 0 Å². The van der Waals surface area contributed by atoms with Crippen molar-refractivity contribution in [2.24, 2.45) is 0 Å². The minimum absolute atomic E-state index is 0.00837. The van der Waals surface area contributed by atoms with Crippen LogP contribution in [0.3, 0.4) is 0 Å². The molecule has 0 aliphatic heterocycles. The topological polar surface area (TPSA) is 40.6 Å². The molecule has 0 bridgehead atoms. The van der Waals surface area contributed by atoms with E-state index in [4.69, 9.17) is 0 Å². The van der Waals surface area contributed by atoms with Crippen LogP contribution in [0.1, 0.15) is 12.8 Å². The van der Waals surface area contributed by atoms with Crippen LogP contribution in [0.4, 0.5) is 11.4 Å². The maximum Gasteiger partial charge on any atom is 0.254 e. The third-order valence-corrected chi connectivity index (χ3v) is 5.39. The molecule has 140 valence electrons. The van der Waals surface area contributed by atoms with E-state index < -0.39 is 0 Å². The van der Waals surface area contributed by atoms with Crippen LogP contribution >= 0.6 is 0 Å². The van der Waals surface area contributed by atoms with Gasteiger partial charge in [0.15, 0.2) is 0 Å². The number of hydrogen-bond donors (Lipinski definition) is 0. The van der Waals surface area contributed by atoms with Crippen molar-refractivity contribution in [1.82, 2.24) is 0 Å². The first-order valence-electron chi connectivity index (χ1n) is 9.39. The Kier molecular flexibility index (Phi) is 4.70. The van der Waals surface area contributed by atoms with Crippen LogP contribution in [0.15, 0.2) is 95.1 Å². The van der Waals surface area contributed by atoms with Gasteiger partial charge in [-0.3, -0.25) is 9.59 Å². The quantitative estimate of drug-likeness (QED) is 0.806. The molecule has 0 spiro atoms. The van der Waals surface area contributed by atoms with Gasteiger partial charge >= 0.3 is 0 Å². The number of amides is 2. The van der Waals surface area contributed by atoms with Crippen LogP contribution in [0, 0.1) is 0 Å². The second kappa shape index (κ2) is 7.31. The maximum absolute atomic E-state index is 13.0. The van der Waals surface area contributed by atoms with E-state index in [1.54, 1.807) is 23.9 Å². The summed E-state index contributed by atoms with van der Waals surface area (Å²) in [6, 6.07) is 19.2. The molecule has 0 fully saturated rings. The molecule has 2 amide bonds. The number of anilines is 2. The first-order valence-corrected chi connectivity index (χ1v) is 9.39. The van der Waals surface area contributed by atoms with Crippen molar-refractivity contribution >= 4 is 23.2 Å². The number of fused-ring (bicyclic) bond motifs is 1. The van der Waals surface area contributed by atoms with E-state index >= 15 is 0 Å². The molecule has 2 aliphatic rings. The zero-order chi connectivity index (χ0) is 19.7. The third kappa shape index (κ3) is 3.07. The average Bonchev–Trinajstić information content (AvgIpc) is 2.73. The van der Waals surface area contributed by atoms with E-state index in [-0.39, 0.29) is 11.8 Å². The summed E-state index contributed by atoms with van der Waals surface area (Å²) in [6.45, 7) is 0. The van der Waals surface area contributed by atoms with E-state index in [0.717, 1.165) is 33.7 Å². The Hall–Kier alpha value is -3.40. The van der Waals surface area contributed by atoms with Crippen LogP contribution in [0.5, 0.6) is 0 Å². The molecule has 28 heavy (non-hydrogen) atoms. The fraction of sp³-hybridized carbons (Fsp3) is 0.167. The number of nitrogens with zero attached hydrogens (tertiary/aromatic N) is 2. The minimum Gasteiger partial charge on any atom is -0.312 e. The smallest absolute Gasteiger partial charge is 0.254 e. The van der Waals surface area contributed by atoms with Gasteiger partial charge in [-0.25, -0.2) is 0 Å². The molecule has 0 heterocycles. The molecule has 2 aliphatic carbocycles. The standard InChI is InChI=1S/C24H22N2O2/c1-25(17-9-5-3-6-10-17)23(27)21-15-16-22(20-14-13-19(20)21)24(28)26(2)18-11-7-4-8-12-18/h3-14H,15-16H2,1-2H3. The lowest BCUT2D eigenvalue weighted by Gasteiger charge is -2.31. The van der Waals surface area contributed by atoms with E-state index in [0.29, 0.717) is 12.8 Å². The Balaban J connectivity index is 1.62. The van der Waals surface area contributed by atoms with Crippen LogP contribution in [0.2, 0.25) is 0 Å². The first-order chi connectivity index (χ1) is 13.6. The summed E-state index contributed by atoms with van der Waals surface area (Å²) >= 11 is 0. The van der Waals surface area contributed by atoms with Gasteiger partial charge in [-0.1, -0.05) is 48.6 Å². The number of carbonyl (C=O) groups is 2. The van der Waals surface area contributed by atoms with Crippen molar-refractivity contribution < 1.29 is 9.59 Å². The van der Waals surface area contributed by atoms with E-state index in [1.165, 1.54) is 0 Å². The molecule has 0 aromatic heterocycles. The molecular weight excluding hydrogens is 348 g/mol. The van der Waals surface area contributed by atoms with Gasteiger partial charge in [0.1, 0.15) is 0 Å². The van der Waals surface area contributed by atoms with E-state index in [9.17, 15) is 9.59 Å². The zero-order valence-corrected chi connectivity index (χ0v) is 16.1. The Morgan fingerprint density at radius 1 is 0.643 bits per heavy atom. The molecule has 0 unspecified atom stereocenters. The molecular formula is C24H22N2O2. The number of likely N-dealkylation sites (N-methyl/N-ethyl adjacent to an activating group) is 2. The summed E-state index contributed by atoms with van der Waals surface area (Å²) in [5.74, 6) is -0.0167. The van der Waals surface area contributed by atoms with Gasteiger partial charge in [0, 0.05) is 36.6 Å². The lowest BCUT2D eigenvalue weighted by atomic mass is 9.78. The van der Waals surface area contributed by atoms with Gasteiger partial charge < -0.3 is 9.80 Å². The molecule has 0 atom stereocenters. The molecule has 0 radical (unpaired) electrons. The SMILES string of the molecule is CN(C(=O)C1=C2C=CC2=C(C(=O)N(C)c2ccccc2)CC1)c1ccccc1. The number of carbonyl (C=O) groups excluding carboxylic acids is 2. The Bertz CT molecular complexity index is 934. The Morgan fingerprint density at radius 3 is 1.32 bits per heavy atom. The zero-order valence-electron chi connectivity index (χ0n) is 16.1. The van der Waals surface area contributed by atoms with Crippen LogP contribution in [0.25, 0.3) is 0 Å². The summed E-state index contributed by atoms with van der Waals surface area (Å²) in [5.41, 5.74) is 5.10. The molecule has 4 rings (SSSR count). The second-order valence-electron chi connectivity index (χ2n) is 7.02. The summed E-state index contributed by atoms with van der Waals surface area (Å²) < 4.78 is 0. The van der Waals surface area contributed by atoms with Crippen molar-refractivity contribution in [3.63, 3.8) is 0 Å². The van der Waals surface area contributed by atoms with Crippen LogP contribution < -0.4 is 9.80 Å². The number of benzene rings is 2. The van der Waals surface area contributed by atoms with Gasteiger partial charge in [0.2, 0.25) is 0 Å². The largest absolute Gasteiger partial charge is 0.312 e. The number of hydrogen-bond acceptors (Lipinski definition) is 2. The summed E-state index contributed by atoms with van der Waals surface area (Å²) in [5, 5.41) is 0. The maximum atomic E-state index is 13.0. The number of para-hydroxylation sites is 2. The molecule has 0 N–H and O–H groups in total. The molecule has 0 saturated heterocycles. The van der Waals surface area contributed by atoms with Crippen molar-refractivity contribution in [1.29, 1.82) is 0 Å². The molecule has 4 heteroatoms. The van der Waals surface area contributed by atoms with E-state index in [1.807, 2.05) is 72.8 Å². The fourth-order valence-corrected chi connectivity index (χ4v) is 3.68. The average molecular weight is 370 g/mol. The lowest BCUT2D eigenvalue weighted by molar-refractivity contribution is -0.116. The monoisotopic (exact) mass is 370 g/mol. The molecule has 2 aromatic carbocycles. The minimum atomic E-state index is -0.00837. The van der Waals surface area contributed by atoms with Gasteiger partial charge in [-0.15, -0.1) is 0 Å². The predicted octanol–water partition coefficient (Wildman–Crippen LogP) is 4.27. The second-order valence-corrected chi connectivity index (χ2v) is 7.02. The van der Waals surface area contributed by atoms with Crippen LogP contribution in [-0.2, 0) is 9.59 Å². The highest BCUT2D eigenvalue weighted by atomic mass is 16.2. The Labute approximate surface area is 165 Å². The van der Waals surface area contributed by atoms with Gasteiger partial charge in [-0.2, -0.15) is 0 Å². The third-order valence-electron chi connectivity index (χ3n) is 5.39. The number of rotatable bonds is 4. The van der Waals surface area contributed by atoms with Gasteiger partial charge in [0.25, 0.3) is 11.8 Å². The fourth-order valence-electron chi connectivity index (χ4n) is 3.68. The van der Waals surface area contributed by atoms with Crippen LogP contribution in [-0.4, -0.2) is 25.9 Å². The highest BCUT2D eigenvalue weighted by molar-refractivity contribution is 6.11. The molecule has 4 nitrogen and oxygen atoms in total. The van der Waals surface area contributed by atoms with Crippen molar-refractivity contribution in [3.8, 4) is 0 Å². The molecule has 0 saturated carbocycles. The van der Waals surface area contributed by atoms with Gasteiger partial charge in [-0.05, 0) is 48.3 Å².